The summed E-state index contributed by atoms with van der Waals surface area (Å²) < 4.78 is 0. The Kier molecular flexibility index (Phi) is 3.84. The van der Waals surface area contributed by atoms with E-state index in [4.69, 9.17) is 0 Å². The zero-order chi connectivity index (χ0) is 12.6. The van der Waals surface area contributed by atoms with Crippen molar-refractivity contribution in [3.8, 4) is 0 Å². The average molecular weight is 239 g/mol. The van der Waals surface area contributed by atoms with Crippen LogP contribution in [0.2, 0.25) is 0 Å². The maximum Gasteiger partial charge on any atom is 0.0746 e. The largest absolute Gasteiger partial charge is 0.391 e. The predicted octanol–water partition coefficient (Wildman–Crippen LogP) is 3.05. The van der Waals surface area contributed by atoms with Gasteiger partial charge in [0.2, 0.25) is 0 Å². The van der Waals surface area contributed by atoms with Crippen molar-refractivity contribution >= 4 is 0 Å². The first-order valence-electron chi connectivity index (χ1n) is 7.37. The van der Waals surface area contributed by atoms with Gasteiger partial charge in [0.05, 0.1) is 6.10 Å². The van der Waals surface area contributed by atoms with E-state index >= 15 is 0 Å². The molecule has 2 heteroatoms. The lowest BCUT2D eigenvalue weighted by Crippen LogP contribution is -2.57. The molecule has 4 atom stereocenters. The number of piperidine rings is 1. The summed E-state index contributed by atoms with van der Waals surface area (Å²) in [5.74, 6) is 0.779. The number of rotatable bonds is 1. The van der Waals surface area contributed by atoms with Crippen LogP contribution in [0.4, 0.5) is 0 Å². The van der Waals surface area contributed by atoms with Crippen LogP contribution in [-0.2, 0) is 0 Å². The van der Waals surface area contributed by atoms with Gasteiger partial charge in [0, 0.05) is 12.1 Å². The van der Waals surface area contributed by atoms with Gasteiger partial charge in [0.15, 0.2) is 0 Å². The van der Waals surface area contributed by atoms with Crippen LogP contribution in [0, 0.1) is 11.3 Å². The number of hydrogen-bond acceptors (Lipinski definition) is 2. The Balaban J connectivity index is 2.10. The van der Waals surface area contributed by atoms with Crippen molar-refractivity contribution in [3.05, 3.63) is 0 Å². The highest BCUT2D eigenvalue weighted by Crippen LogP contribution is 2.40. The lowest BCUT2D eigenvalue weighted by Gasteiger charge is -2.50. The first kappa shape index (κ1) is 13.4. The Morgan fingerprint density at radius 2 is 1.82 bits per heavy atom. The van der Waals surface area contributed by atoms with E-state index in [1.165, 1.54) is 38.6 Å². The molecule has 0 amide bonds. The molecular formula is C15H29NO. The topological polar surface area (TPSA) is 23.5 Å². The Labute approximate surface area is 106 Å². The fourth-order valence-electron chi connectivity index (χ4n) is 3.78. The van der Waals surface area contributed by atoms with E-state index in [0.29, 0.717) is 12.1 Å². The molecular weight excluding hydrogens is 210 g/mol. The standard InChI is InChI=1S/C15H29NO/c1-11-7-6-10-16(12(11)2)13-8-5-9-15(3,4)14(13)17/h11-14,17H,5-10H2,1-4H3. The molecule has 1 N–H and O–H groups in total. The zero-order valence-electron chi connectivity index (χ0n) is 11.9. The third-order valence-electron chi connectivity index (χ3n) is 5.33. The van der Waals surface area contributed by atoms with Gasteiger partial charge in [-0.05, 0) is 50.5 Å². The molecule has 4 unspecified atom stereocenters. The molecule has 1 saturated heterocycles. The lowest BCUT2D eigenvalue weighted by atomic mass is 9.71. The summed E-state index contributed by atoms with van der Waals surface area (Å²) in [6.45, 7) is 10.3. The van der Waals surface area contributed by atoms with Gasteiger partial charge >= 0.3 is 0 Å². The van der Waals surface area contributed by atoms with Crippen molar-refractivity contribution in [1.29, 1.82) is 0 Å². The normalized spacial score (nSPS) is 43.6. The van der Waals surface area contributed by atoms with Crippen molar-refractivity contribution in [2.45, 2.75) is 78.0 Å². The van der Waals surface area contributed by atoms with Gasteiger partial charge in [-0.2, -0.15) is 0 Å². The molecule has 0 aromatic heterocycles. The van der Waals surface area contributed by atoms with E-state index in [-0.39, 0.29) is 11.5 Å². The molecule has 100 valence electrons. The molecule has 2 nitrogen and oxygen atoms in total. The number of nitrogens with zero attached hydrogens (tertiary/aromatic N) is 1. The molecule has 2 fully saturated rings. The molecule has 1 aliphatic carbocycles. The van der Waals surface area contributed by atoms with Gasteiger partial charge in [0.1, 0.15) is 0 Å². The molecule has 0 radical (unpaired) electrons. The number of likely N-dealkylation sites (tertiary alicyclic amines) is 1. The second kappa shape index (κ2) is 4.89. The predicted molar refractivity (Wildman–Crippen MR) is 72.0 cm³/mol. The van der Waals surface area contributed by atoms with Gasteiger partial charge in [-0.3, -0.25) is 4.90 Å². The fourth-order valence-corrected chi connectivity index (χ4v) is 3.78. The van der Waals surface area contributed by atoms with Crippen molar-refractivity contribution < 1.29 is 5.11 Å². The first-order valence-corrected chi connectivity index (χ1v) is 7.37. The Morgan fingerprint density at radius 3 is 2.53 bits per heavy atom. The SMILES string of the molecule is CC1CCCN(C2CCCC(C)(C)C2O)C1C. The van der Waals surface area contributed by atoms with Crippen molar-refractivity contribution in [1.82, 2.24) is 4.90 Å². The van der Waals surface area contributed by atoms with Crippen LogP contribution in [0.25, 0.3) is 0 Å². The van der Waals surface area contributed by atoms with Crippen LogP contribution in [-0.4, -0.2) is 34.7 Å². The van der Waals surface area contributed by atoms with E-state index in [9.17, 15) is 5.11 Å². The molecule has 0 spiro atoms. The lowest BCUT2D eigenvalue weighted by molar-refractivity contribution is -0.0811. The van der Waals surface area contributed by atoms with E-state index in [1.807, 2.05) is 0 Å². The highest BCUT2D eigenvalue weighted by Gasteiger charge is 2.42. The molecule has 1 aliphatic heterocycles. The maximum absolute atomic E-state index is 10.6. The zero-order valence-corrected chi connectivity index (χ0v) is 11.9. The maximum atomic E-state index is 10.6. The summed E-state index contributed by atoms with van der Waals surface area (Å²) in [5, 5.41) is 10.6. The van der Waals surface area contributed by atoms with E-state index in [1.54, 1.807) is 0 Å². The summed E-state index contributed by atoms with van der Waals surface area (Å²) in [4.78, 5) is 2.60. The van der Waals surface area contributed by atoms with Crippen LogP contribution in [0.3, 0.4) is 0 Å². The Hall–Kier alpha value is -0.0800. The van der Waals surface area contributed by atoms with Crippen molar-refractivity contribution in [2.75, 3.05) is 6.54 Å². The molecule has 0 bridgehead atoms. The third-order valence-corrected chi connectivity index (χ3v) is 5.33. The fraction of sp³-hybridized carbons (Fsp3) is 1.00. The summed E-state index contributed by atoms with van der Waals surface area (Å²) in [6.07, 6.45) is 6.12. The van der Waals surface area contributed by atoms with Crippen LogP contribution in [0.1, 0.15) is 59.8 Å². The first-order chi connectivity index (χ1) is 7.93. The molecule has 1 saturated carbocycles. The van der Waals surface area contributed by atoms with Crippen LogP contribution in [0.5, 0.6) is 0 Å². The number of aliphatic hydroxyl groups is 1. The minimum Gasteiger partial charge on any atom is -0.391 e. The second-order valence-corrected chi connectivity index (χ2v) is 6.99. The number of aliphatic hydroxyl groups excluding tert-OH is 1. The molecule has 2 aliphatic rings. The summed E-state index contributed by atoms with van der Waals surface area (Å²) in [6, 6.07) is 1.04. The molecule has 0 aromatic rings. The van der Waals surface area contributed by atoms with Crippen molar-refractivity contribution in [2.24, 2.45) is 11.3 Å². The van der Waals surface area contributed by atoms with Gasteiger partial charge in [-0.15, -0.1) is 0 Å². The smallest absolute Gasteiger partial charge is 0.0746 e. The highest BCUT2D eigenvalue weighted by atomic mass is 16.3. The molecule has 0 aromatic carbocycles. The van der Waals surface area contributed by atoms with Gasteiger partial charge in [-0.25, -0.2) is 0 Å². The van der Waals surface area contributed by atoms with Crippen LogP contribution >= 0.6 is 0 Å². The summed E-state index contributed by atoms with van der Waals surface area (Å²) in [7, 11) is 0. The Morgan fingerprint density at radius 1 is 1.12 bits per heavy atom. The van der Waals surface area contributed by atoms with E-state index in [0.717, 1.165) is 5.92 Å². The minimum atomic E-state index is -0.149. The van der Waals surface area contributed by atoms with Crippen LogP contribution < -0.4 is 0 Å². The van der Waals surface area contributed by atoms with Crippen molar-refractivity contribution in [3.63, 3.8) is 0 Å². The molecule has 1 heterocycles. The van der Waals surface area contributed by atoms with Gasteiger partial charge in [-0.1, -0.05) is 27.2 Å². The van der Waals surface area contributed by atoms with E-state index in [2.05, 4.69) is 32.6 Å². The monoisotopic (exact) mass is 239 g/mol. The van der Waals surface area contributed by atoms with Gasteiger partial charge in [0.25, 0.3) is 0 Å². The average Bonchev–Trinajstić information content (AvgIpc) is 2.27. The molecule has 17 heavy (non-hydrogen) atoms. The Bertz CT molecular complexity index is 264. The second-order valence-electron chi connectivity index (χ2n) is 6.99. The molecule has 2 rings (SSSR count). The van der Waals surface area contributed by atoms with Gasteiger partial charge < -0.3 is 5.11 Å². The third kappa shape index (κ3) is 2.53. The highest BCUT2D eigenvalue weighted by molar-refractivity contribution is 4.96. The quantitative estimate of drug-likeness (QED) is 0.760. The van der Waals surface area contributed by atoms with E-state index < -0.39 is 0 Å². The minimum absolute atomic E-state index is 0.101. The van der Waals surface area contributed by atoms with Crippen LogP contribution in [0.15, 0.2) is 0 Å². The number of hydrogen-bond donors (Lipinski definition) is 1. The summed E-state index contributed by atoms with van der Waals surface area (Å²) in [5.41, 5.74) is 0.101. The summed E-state index contributed by atoms with van der Waals surface area (Å²) >= 11 is 0.